The number of benzene rings is 1. The molecule has 3 rings (SSSR count). The number of carbonyl (C=O) groups excluding carboxylic acids is 1. The maximum Gasteiger partial charge on any atom is 0.227 e. The lowest BCUT2D eigenvalue weighted by Crippen LogP contribution is -2.39. The molecule has 0 bridgehead atoms. The summed E-state index contributed by atoms with van der Waals surface area (Å²) in [6.07, 6.45) is 12.2. The van der Waals surface area contributed by atoms with Crippen molar-refractivity contribution in [3.8, 4) is 5.75 Å². The van der Waals surface area contributed by atoms with Gasteiger partial charge in [0.25, 0.3) is 0 Å². The quantitative estimate of drug-likeness (QED) is 0.665. The van der Waals surface area contributed by atoms with Gasteiger partial charge in [0, 0.05) is 18.7 Å². The largest absolute Gasteiger partial charge is 0.489 e. The highest BCUT2D eigenvalue weighted by atomic mass is 16.5. The fourth-order valence-electron chi connectivity index (χ4n) is 4.04. The van der Waals surface area contributed by atoms with E-state index in [-0.39, 0.29) is 5.91 Å². The molecule has 134 valence electrons. The van der Waals surface area contributed by atoms with Gasteiger partial charge in [-0.1, -0.05) is 38.0 Å². The summed E-state index contributed by atoms with van der Waals surface area (Å²) >= 11 is 0. The van der Waals surface area contributed by atoms with Gasteiger partial charge >= 0.3 is 0 Å². The third-order valence-corrected chi connectivity index (χ3v) is 5.35. The van der Waals surface area contributed by atoms with Crippen LogP contribution in [0.2, 0.25) is 0 Å². The smallest absolute Gasteiger partial charge is 0.227 e. The number of anilines is 1. The van der Waals surface area contributed by atoms with E-state index in [9.17, 15) is 4.79 Å². The molecule has 0 spiro atoms. The topological polar surface area (TPSA) is 29.5 Å². The van der Waals surface area contributed by atoms with Crippen LogP contribution < -0.4 is 9.64 Å². The van der Waals surface area contributed by atoms with Crippen LogP contribution in [-0.4, -0.2) is 19.1 Å². The van der Waals surface area contributed by atoms with Gasteiger partial charge in [-0.25, -0.2) is 0 Å². The van der Waals surface area contributed by atoms with Crippen molar-refractivity contribution in [3.05, 3.63) is 48.6 Å². The van der Waals surface area contributed by atoms with E-state index in [0.717, 1.165) is 36.4 Å². The highest BCUT2D eigenvalue weighted by molar-refractivity contribution is 5.96. The zero-order valence-corrected chi connectivity index (χ0v) is 15.1. The predicted octanol–water partition coefficient (Wildman–Crippen LogP) is 4.84. The Morgan fingerprint density at radius 1 is 1.12 bits per heavy atom. The third-order valence-electron chi connectivity index (χ3n) is 5.35. The number of fused-ring (bicyclic) bond motifs is 1. The number of amides is 1. The third kappa shape index (κ3) is 4.15. The minimum absolute atomic E-state index is 0.266. The van der Waals surface area contributed by atoms with Crippen LogP contribution in [0.15, 0.2) is 37.4 Å². The maximum atomic E-state index is 12.6. The SMILES string of the molecule is C=CCOc1cc2c(cc1CC=C)N(CC1CCCCC1)C(=O)CC2. The number of nitrogens with zero attached hydrogens (tertiary/aromatic N) is 1. The lowest BCUT2D eigenvalue weighted by molar-refractivity contribution is -0.119. The molecule has 1 aromatic carbocycles. The monoisotopic (exact) mass is 339 g/mol. The molecule has 0 radical (unpaired) electrons. The van der Waals surface area contributed by atoms with Gasteiger partial charge in [0.15, 0.2) is 0 Å². The summed E-state index contributed by atoms with van der Waals surface area (Å²) in [6, 6.07) is 4.27. The minimum atomic E-state index is 0.266. The van der Waals surface area contributed by atoms with Crippen molar-refractivity contribution in [2.45, 2.75) is 51.4 Å². The standard InChI is InChI=1S/C22H29NO2/c1-3-8-19-14-20-18(15-21(19)25-13-4-2)11-12-22(24)23(20)16-17-9-6-5-7-10-17/h3-4,14-15,17H,1-2,5-13,16H2. The van der Waals surface area contributed by atoms with E-state index in [1.807, 2.05) is 11.0 Å². The molecule has 1 aliphatic heterocycles. The van der Waals surface area contributed by atoms with E-state index in [1.54, 1.807) is 6.08 Å². The Bertz CT molecular complexity index is 644. The molecule has 0 unspecified atom stereocenters. The number of hydrogen-bond donors (Lipinski definition) is 0. The molecule has 2 aliphatic rings. The zero-order valence-electron chi connectivity index (χ0n) is 15.1. The summed E-state index contributed by atoms with van der Waals surface area (Å²) < 4.78 is 5.85. The Balaban J connectivity index is 1.89. The molecule has 1 aliphatic carbocycles. The predicted molar refractivity (Wildman–Crippen MR) is 103 cm³/mol. The zero-order chi connectivity index (χ0) is 17.6. The molecule has 1 fully saturated rings. The average Bonchev–Trinajstić information content (AvgIpc) is 2.64. The second-order valence-electron chi connectivity index (χ2n) is 7.19. The molecule has 1 heterocycles. The van der Waals surface area contributed by atoms with Crippen LogP contribution in [0.3, 0.4) is 0 Å². The summed E-state index contributed by atoms with van der Waals surface area (Å²) in [5.41, 5.74) is 3.41. The van der Waals surface area contributed by atoms with Crippen molar-refractivity contribution < 1.29 is 9.53 Å². The normalized spacial score (nSPS) is 17.9. The number of carbonyl (C=O) groups is 1. The molecule has 0 aromatic heterocycles. The summed E-state index contributed by atoms with van der Waals surface area (Å²) in [6.45, 7) is 8.95. The molecule has 3 heteroatoms. The van der Waals surface area contributed by atoms with Crippen LogP contribution in [0.1, 0.15) is 49.7 Å². The number of rotatable bonds is 7. The van der Waals surface area contributed by atoms with E-state index in [4.69, 9.17) is 4.74 Å². The van der Waals surface area contributed by atoms with Gasteiger partial charge in [-0.05, 0) is 54.9 Å². The van der Waals surface area contributed by atoms with Gasteiger partial charge in [0.05, 0.1) is 0 Å². The van der Waals surface area contributed by atoms with E-state index in [2.05, 4.69) is 25.3 Å². The lowest BCUT2D eigenvalue weighted by Gasteiger charge is -2.34. The number of ether oxygens (including phenoxy) is 1. The van der Waals surface area contributed by atoms with Gasteiger partial charge in [-0.2, -0.15) is 0 Å². The van der Waals surface area contributed by atoms with Gasteiger partial charge < -0.3 is 9.64 Å². The molecule has 0 saturated heterocycles. The molecule has 1 aromatic rings. The van der Waals surface area contributed by atoms with Crippen molar-refractivity contribution >= 4 is 11.6 Å². The summed E-state index contributed by atoms with van der Waals surface area (Å²) in [4.78, 5) is 14.7. The van der Waals surface area contributed by atoms with Crippen LogP contribution >= 0.6 is 0 Å². The number of aryl methyl sites for hydroxylation is 1. The lowest BCUT2D eigenvalue weighted by atomic mass is 9.87. The molecule has 1 amide bonds. The molecule has 25 heavy (non-hydrogen) atoms. The highest BCUT2D eigenvalue weighted by Gasteiger charge is 2.28. The molecule has 0 atom stereocenters. The van der Waals surface area contributed by atoms with Crippen LogP contribution in [0, 0.1) is 5.92 Å². The van der Waals surface area contributed by atoms with Gasteiger partial charge in [-0.15, -0.1) is 6.58 Å². The Labute approximate surface area is 151 Å². The Hall–Kier alpha value is -2.03. The first kappa shape index (κ1) is 17.8. The summed E-state index contributed by atoms with van der Waals surface area (Å²) in [5.74, 6) is 1.80. The molecular weight excluding hydrogens is 310 g/mol. The van der Waals surface area contributed by atoms with Crippen LogP contribution in [0.25, 0.3) is 0 Å². The van der Waals surface area contributed by atoms with Gasteiger partial charge in [0.1, 0.15) is 12.4 Å². The van der Waals surface area contributed by atoms with Crippen molar-refractivity contribution in [2.75, 3.05) is 18.1 Å². The van der Waals surface area contributed by atoms with Crippen molar-refractivity contribution in [1.29, 1.82) is 0 Å². The molecule has 0 N–H and O–H groups in total. The van der Waals surface area contributed by atoms with Crippen LogP contribution in [-0.2, 0) is 17.6 Å². The summed E-state index contributed by atoms with van der Waals surface area (Å²) in [5, 5.41) is 0. The number of hydrogen-bond acceptors (Lipinski definition) is 2. The number of allylic oxidation sites excluding steroid dienone is 1. The first-order valence-electron chi connectivity index (χ1n) is 9.53. The highest BCUT2D eigenvalue weighted by Crippen LogP contribution is 2.36. The minimum Gasteiger partial charge on any atom is -0.489 e. The Morgan fingerprint density at radius 3 is 2.64 bits per heavy atom. The van der Waals surface area contributed by atoms with E-state index >= 15 is 0 Å². The van der Waals surface area contributed by atoms with Crippen molar-refractivity contribution in [2.24, 2.45) is 5.92 Å². The molecule has 3 nitrogen and oxygen atoms in total. The molecular formula is C22H29NO2. The van der Waals surface area contributed by atoms with Gasteiger partial charge in [0.2, 0.25) is 5.91 Å². The second kappa shape index (κ2) is 8.37. The maximum absolute atomic E-state index is 12.6. The van der Waals surface area contributed by atoms with Crippen LogP contribution in [0.5, 0.6) is 5.75 Å². The fourth-order valence-corrected chi connectivity index (χ4v) is 4.04. The second-order valence-corrected chi connectivity index (χ2v) is 7.19. The van der Waals surface area contributed by atoms with Crippen molar-refractivity contribution in [1.82, 2.24) is 0 Å². The van der Waals surface area contributed by atoms with Crippen LogP contribution in [0.4, 0.5) is 5.69 Å². The Kier molecular flexibility index (Phi) is 5.95. The van der Waals surface area contributed by atoms with Gasteiger partial charge in [-0.3, -0.25) is 4.79 Å². The van der Waals surface area contributed by atoms with E-state index in [0.29, 0.717) is 18.9 Å². The average molecular weight is 339 g/mol. The first-order valence-corrected chi connectivity index (χ1v) is 9.53. The molecule has 1 saturated carbocycles. The van der Waals surface area contributed by atoms with Crippen molar-refractivity contribution in [3.63, 3.8) is 0 Å². The summed E-state index contributed by atoms with van der Waals surface area (Å²) in [7, 11) is 0. The Morgan fingerprint density at radius 2 is 1.92 bits per heavy atom. The van der Waals surface area contributed by atoms with E-state index < -0.39 is 0 Å². The fraction of sp³-hybridized carbons (Fsp3) is 0.500. The van der Waals surface area contributed by atoms with E-state index in [1.165, 1.54) is 37.7 Å². The first-order chi connectivity index (χ1) is 12.2.